The van der Waals surface area contributed by atoms with Gasteiger partial charge in [-0.15, -0.1) is 22.7 Å². The molecule has 0 spiro atoms. The van der Waals surface area contributed by atoms with Crippen molar-refractivity contribution in [1.82, 2.24) is 4.98 Å². The molecule has 0 saturated heterocycles. The molecule has 7 heteroatoms. The van der Waals surface area contributed by atoms with Gasteiger partial charge in [-0.05, 0) is 17.9 Å². The van der Waals surface area contributed by atoms with Crippen LogP contribution in [0.25, 0.3) is 0 Å². The number of carboxylic acid groups (broad SMARTS) is 1. The largest absolute Gasteiger partial charge is 0.480 e. The lowest BCUT2D eigenvalue weighted by Crippen LogP contribution is -2.22. The molecule has 0 bridgehead atoms. The Morgan fingerprint density at radius 2 is 2.37 bits per heavy atom. The zero-order valence-electron chi connectivity index (χ0n) is 10.4. The van der Waals surface area contributed by atoms with Gasteiger partial charge in [-0.1, -0.05) is 6.07 Å². The molecule has 1 unspecified atom stereocenters. The zero-order valence-corrected chi connectivity index (χ0v) is 12.1. The Morgan fingerprint density at radius 1 is 1.58 bits per heavy atom. The van der Waals surface area contributed by atoms with E-state index in [2.05, 4.69) is 16.4 Å². The summed E-state index contributed by atoms with van der Waals surface area (Å²) in [5.74, 6) is -1.06. The maximum atomic E-state index is 10.8. The number of aromatic nitrogens is 1. The molecule has 2 heterocycles. The van der Waals surface area contributed by atoms with Crippen LogP contribution in [0.3, 0.4) is 0 Å². The topological polar surface area (TPSA) is 79.5 Å². The van der Waals surface area contributed by atoms with E-state index in [1.165, 1.54) is 16.2 Å². The Kier molecular flexibility index (Phi) is 4.52. The van der Waals surface area contributed by atoms with Crippen molar-refractivity contribution in [2.24, 2.45) is 5.73 Å². The van der Waals surface area contributed by atoms with Crippen LogP contribution in [0.5, 0.6) is 0 Å². The molecule has 0 aliphatic rings. The molecule has 0 amide bonds. The second kappa shape index (κ2) is 6.14. The average molecular weight is 297 g/mol. The lowest BCUT2D eigenvalue weighted by molar-refractivity contribution is -0.138. The van der Waals surface area contributed by atoms with Gasteiger partial charge in [0.05, 0.1) is 5.69 Å². The van der Waals surface area contributed by atoms with E-state index in [0.717, 1.165) is 18.1 Å². The van der Waals surface area contributed by atoms with Crippen molar-refractivity contribution >= 4 is 33.8 Å². The Hall–Kier alpha value is -1.44. The summed E-state index contributed by atoms with van der Waals surface area (Å²) < 4.78 is 0. The highest BCUT2D eigenvalue weighted by Crippen LogP contribution is 2.23. The van der Waals surface area contributed by atoms with E-state index in [1.807, 2.05) is 18.0 Å². The highest BCUT2D eigenvalue weighted by atomic mass is 32.1. The molecule has 0 radical (unpaired) electrons. The lowest BCUT2D eigenvalue weighted by Gasteiger charge is -2.14. The van der Waals surface area contributed by atoms with E-state index >= 15 is 0 Å². The number of hydrogen-bond acceptors (Lipinski definition) is 6. The Bertz CT molecular complexity index is 539. The van der Waals surface area contributed by atoms with Crippen LogP contribution in [0.4, 0.5) is 5.13 Å². The van der Waals surface area contributed by atoms with Crippen LogP contribution >= 0.6 is 22.7 Å². The van der Waals surface area contributed by atoms with Crippen LogP contribution in [0.15, 0.2) is 22.9 Å². The van der Waals surface area contributed by atoms with E-state index < -0.39 is 12.0 Å². The smallest absolute Gasteiger partial charge is 0.326 e. The maximum Gasteiger partial charge on any atom is 0.326 e. The third-order valence-electron chi connectivity index (χ3n) is 2.69. The second-order valence-corrected chi connectivity index (χ2v) is 5.99. The molecule has 2 aromatic heterocycles. The first-order valence-corrected chi connectivity index (χ1v) is 7.51. The van der Waals surface area contributed by atoms with E-state index in [0.29, 0.717) is 5.69 Å². The molecule has 0 saturated carbocycles. The molecule has 3 N–H and O–H groups in total. The molecule has 2 rings (SSSR count). The number of nitrogens with two attached hydrogens (primary N) is 1. The molecule has 0 aliphatic heterocycles. The van der Waals surface area contributed by atoms with Gasteiger partial charge in [0.1, 0.15) is 6.04 Å². The summed E-state index contributed by atoms with van der Waals surface area (Å²) in [4.78, 5) is 18.4. The summed E-state index contributed by atoms with van der Waals surface area (Å²) in [7, 11) is 1.95. The summed E-state index contributed by atoms with van der Waals surface area (Å²) in [5.41, 5.74) is 5.94. The zero-order chi connectivity index (χ0) is 13.8. The van der Waals surface area contributed by atoms with Crippen LogP contribution in [-0.2, 0) is 11.2 Å². The highest BCUT2D eigenvalue weighted by molar-refractivity contribution is 7.13. The number of aliphatic carboxylic acids is 1. The highest BCUT2D eigenvalue weighted by Gasteiger charge is 2.18. The first-order chi connectivity index (χ1) is 9.08. The molecular weight excluding hydrogens is 282 g/mol. The first-order valence-electron chi connectivity index (χ1n) is 5.75. The fourth-order valence-electron chi connectivity index (χ4n) is 1.55. The van der Waals surface area contributed by atoms with Crippen molar-refractivity contribution in [3.05, 3.63) is 33.5 Å². The molecule has 5 nitrogen and oxygen atoms in total. The number of hydrogen-bond donors (Lipinski definition) is 2. The predicted octanol–water partition coefficient (Wildman–Crippen LogP) is 1.97. The quantitative estimate of drug-likeness (QED) is 0.852. The van der Waals surface area contributed by atoms with Crippen LogP contribution < -0.4 is 10.6 Å². The number of rotatable bonds is 6. The fourth-order valence-corrected chi connectivity index (χ4v) is 3.10. The standard InChI is InChI=1S/C12H15N3O2S2/c1-15(5-4-8-3-2-6-18-8)12-14-9(7-19-12)10(13)11(16)17/h2-3,6-7,10H,4-5,13H2,1H3,(H,16,17). The number of carboxylic acids is 1. The van der Waals surface area contributed by atoms with Gasteiger partial charge in [-0.25, -0.2) is 4.98 Å². The van der Waals surface area contributed by atoms with E-state index in [4.69, 9.17) is 10.8 Å². The third-order valence-corrected chi connectivity index (χ3v) is 4.60. The van der Waals surface area contributed by atoms with Crippen molar-refractivity contribution in [3.63, 3.8) is 0 Å². The number of thiazole rings is 1. The van der Waals surface area contributed by atoms with Gasteiger partial charge in [0.2, 0.25) is 0 Å². The molecule has 0 fully saturated rings. The van der Waals surface area contributed by atoms with E-state index in [9.17, 15) is 4.79 Å². The maximum absolute atomic E-state index is 10.8. The number of carbonyl (C=O) groups is 1. The van der Waals surface area contributed by atoms with Crippen molar-refractivity contribution in [3.8, 4) is 0 Å². The minimum atomic E-state index is -1.06. The van der Waals surface area contributed by atoms with E-state index in [-0.39, 0.29) is 0 Å². The number of thiophene rings is 1. The first kappa shape index (κ1) is 14.0. The lowest BCUT2D eigenvalue weighted by atomic mass is 10.2. The molecule has 0 aliphatic carbocycles. The average Bonchev–Trinajstić information content (AvgIpc) is 3.05. The van der Waals surface area contributed by atoms with Crippen LogP contribution in [0.1, 0.15) is 16.6 Å². The minimum Gasteiger partial charge on any atom is -0.480 e. The summed E-state index contributed by atoms with van der Waals surface area (Å²) in [6.45, 7) is 0.843. The Labute approximate surface area is 119 Å². The second-order valence-electron chi connectivity index (χ2n) is 4.12. The van der Waals surface area contributed by atoms with Crippen LogP contribution in [-0.4, -0.2) is 29.7 Å². The summed E-state index contributed by atoms with van der Waals surface area (Å²) in [6.07, 6.45) is 0.952. The van der Waals surface area contributed by atoms with Gasteiger partial charge in [0, 0.05) is 23.8 Å². The van der Waals surface area contributed by atoms with Crippen molar-refractivity contribution in [2.45, 2.75) is 12.5 Å². The van der Waals surface area contributed by atoms with Crippen molar-refractivity contribution < 1.29 is 9.90 Å². The fraction of sp³-hybridized carbons (Fsp3) is 0.333. The number of anilines is 1. The molecule has 2 aromatic rings. The normalized spacial score (nSPS) is 12.3. The minimum absolute atomic E-state index is 0.412. The molecule has 1 atom stereocenters. The van der Waals surface area contributed by atoms with Crippen LogP contribution in [0, 0.1) is 0 Å². The Morgan fingerprint density at radius 3 is 3.00 bits per heavy atom. The van der Waals surface area contributed by atoms with Crippen LogP contribution in [0.2, 0.25) is 0 Å². The van der Waals surface area contributed by atoms with Crippen molar-refractivity contribution in [1.29, 1.82) is 0 Å². The SMILES string of the molecule is CN(CCc1cccs1)c1nc(C(N)C(=O)O)cs1. The molecular formula is C12H15N3O2S2. The van der Waals surface area contributed by atoms with Gasteiger partial charge < -0.3 is 15.7 Å². The summed E-state index contributed by atoms with van der Waals surface area (Å²) >= 11 is 3.15. The molecule has 0 aromatic carbocycles. The van der Waals surface area contributed by atoms with Gasteiger partial charge in [0.15, 0.2) is 5.13 Å². The van der Waals surface area contributed by atoms with Gasteiger partial charge in [-0.3, -0.25) is 4.79 Å². The monoisotopic (exact) mass is 297 g/mol. The molecule has 102 valence electrons. The van der Waals surface area contributed by atoms with Gasteiger partial charge in [0.25, 0.3) is 0 Å². The third kappa shape index (κ3) is 3.52. The Balaban J connectivity index is 1.96. The summed E-state index contributed by atoms with van der Waals surface area (Å²) in [6, 6.07) is 3.09. The van der Waals surface area contributed by atoms with E-state index in [1.54, 1.807) is 16.7 Å². The molecule has 19 heavy (non-hydrogen) atoms. The van der Waals surface area contributed by atoms with Crippen molar-refractivity contribution in [2.75, 3.05) is 18.5 Å². The number of likely N-dealkylation sites (N-methyl/N-ethyl adjacent to an activating group) is 1. The predicted molar refractivity (Wildman–Crippen MR) is 78.0 cm³/mol. The van der Waals surface area contributed by atoms with Gasteiger partial charge in [-0.2, -0.15) is 0 Å². The number of nitrogens with zero attached hydrogens (tertiary/aromatic N) is 2. The summed E-state index contributed by atoms with van der Waals surface area (Å²) in [5, 5.41) is 13.4. The van der Waals surface area contributed by atoms with Gasteiger partial charge >= 0.3 is 5.97 Å².